The van der Waals surface area contributed by atoms with Crippen molar-refractivity contribution in [1.82, 2.24) is 4.37 Å². The van der Waals surface area contributed by atoms with Crippen LogP contribution in [0.25, 0.3) is 0 Å². The van der Waals surface area contributed by atoms with Crippen molar-refractivity contribution >= 4 is 22.3 Å². The minimum absolute atomic E-state index is 0.101. The van der Waals surface area contributed by atoms with Gasteiger partial charge in [-0.15, -0.1) is 0 Å². The Hall–Kier alpha value is -0.900. The van der Waals surface area contributed by atoms with Crippen molar-refractivity contribution in [1.29, 1.82) is 0 Å². The lowest BCUT2D eigenvalue weighted by Gasteiger charge is -2.06. The highest BCUT2D eigenvalue weighted by atomic mass is 32.1. The Morgan fingerprint density at radius 2 is 2.25 bits per heavy atom. The van der Waals surface area contributed by atoms with Crippen LogP contribution in [0.15, 0.2) is 0 Å². The normalized spacial score (nSPS) is 21.9. The SMILES string of the molecule is CC(=O)c1c(C)nsc1NCC1CC1(C)C. The van der Waals surface area contributed by atoms with Gasteiger partial charge in [0.05, 0.1) is 11.3 Å². The fraction of sp³-hybridized carbons (Fsp3) is 0.667. The average Bonchev–Trinajstić information content (AvgIpc) is 2.61. The minimum atomic E-state index is 0.101. The maximum absolute atomic E-state index is 11.5. The van der Waals surface area contributed by atoms with E-state index in [9.17, 15) is 4.79 Å². The Bertz CT molecular complexity index is 423. The first-order valence-electron chi connectivity index (χ1n) is 5.63. The lowest BCUT2D eigenvalue weighted by molar-refractivity contribution is 0.101. The van der Waals surface area contributed by atoms with Crippen LogP contribution in [0.4, 0.5) is 5.00 Å². The Kier molecular flexibility index (Phi) is 2.78. The Morgan fingerprint density at radius 1 is 1.62 bits per heavy atom. The maximum atomic E-state index is 11.5. The second-order valence-electron chi connectivity index (χ2n) is 5.30. The molecular weight excluding hydrogens is 220 g/mol. The largest absolute Gasteiger partial charge is 0.375 e. The van der Waals surface area contributed by atoms with Crippen molar-refractivity contribution in [3.8, 4) is 0 Å². The fourth-order valence-electron chi connectivity index (χ4n) is 2.05. The summed E-state index contributed by atoms with van der Waals surface area (Å²) >= 11 is 1.39. The molecule has 1 aliphatic carbocycles. The number of hydrogen-bond acceptors (Lipinski definition) is 4. The van der Waals surface area contributed by atoms with Crippen LogP contribution in [0.3, 0.4) is 0 Å². The molecule has 0 saturated heterocycles. The molecule has 16 heavy (non-hydrogen) atoms. The van der Waals surface area contributed by atoms with Crippen LogP contribution < -0.4 is 5.32 Å². The molecule has 0 amide bonds. The minimum Gasteiger partial charge on any atom is -0.375 e. The van der Waals surface area contributed by atoms with Gasteiger partial charge in [0.1, 0.15) is 5.00 Å². The summed E-state index contributed by atoms with van der Waals surface area (Å²) in [6.45, 7) is 9.00. The van der Waals surface area contributed by atoms with Crippen molar-refractivity contribution in [2.24, 2.45) is 11.3 Å². The van der Waals surface area contributed by atoms with Gasteiger partial charge >= 0.3 is 0 Å². The molecule has 0 spiro atoms. The van der Waals surface area contributed by atoms with Crippen molar-refractivity contribution in [3.63, 3.8) is 0 Å². The van der Waals surface area contributed by atoms with Crippen LogP contribution in [0, 0.1) is 18.3 Å². The molecular formula is C12H18N2OS. The molecule has 1 saturated carbocycles. The number of hydrogen-bond donors (Lipinski definition) is 1. The molecule has 1 aliphatic rings. The molecule has 1 aromatic rings. The van der Waals surface area contributed by atoms with Gasteiger partial charge in [-0.2, -0.15) is 4.37 Å². The van der Waals surface area contributed by atoms with Gasteiger partial charge in [0.15, 0.2) is 5.78 Å². The molecule has 1 unspecified atom stereocenters. The monoisotopic (exact) mass is 238 g/mol. The molecule has 0 radical (unpaired) electrons. The summed E-state index contributed by atoms with van der Waals surface area (Å²) in [6.07, 6.45) is 1.27. The first-order chi connectivity index (χ1) is 7.42. The molecule has 1 N–H and O–H groups in total. The number of carbonyl (C=O) groups excluding carboxylic acids is 1. The summed E-state index contributed by atoms with van der Waals surface area (Å²) in [6, 6.07) is 0. The van der Waals surface area contributed by atoms with Gasteiger partial charge in [0.2, 0.25) is 0 Å². The molecule has 1 heterocycles. The summed E-state index contributed by atoms with van der Waals surface area (Å²) in [5, 5.41) is 4.31. The summed E-state index contributed by atoms with van der Waals surface area (Å²) < 4.78 is 4.23. The van der Waals surface area contributed by atoms with Crippen molar-refractivity contribution < 1.29 is 4.79 Å². The van der Waals surface area contributed by atoms with Crippen LogP contribution in [0.1, 0.15) is 43.2 Å². The molecule has 1 aromatic heterocycles. The van der Waals surface area contributed by atoms with E-state index in [1.807, 2.05) is 6.92 Å². The van der Waals surface area contributed by atoms with E-state index in [2.05, 4.69) is 23.5 Å². The number of ketones is 1. The van der Waals surface area contributed by atoms with Crippen LogP contribution in [-0.4, -0.2) is 16.7 Å². The second-order valence-corrected chi connectivity index (χ2v) is 6.07. The quantitative estimate of drug-likeness (QED) is 0.819. The Balaban J connectivity index is 2.02. The van der Waals surface area contributed by atoms with E-state index in [1.165, 1.54) is 18.0 Å². The lowest BCUT2D eigenvalue weighted by Crippen LogP contribution is -2.08. The predicted octanol–water partition coefficient (Wildman–Crippen LogP) is 3.11. The standard InChI is InChI=1S/C12H18N2OS/c1-7-10(8(2)15)11(16-14-7)13-6-9-5-12(9,3)4/h9,13H,5-6H2,1-4H3. The van der Waals surface area contributed by atoms with Crippen molar-refractivity contribution in [3.05, 3.63) is 11.3 Å². The smallest absolute Gasteiger partial charge is 0.164 e. The van der Waals surface area contributed by atoms with Gasteiger partial charge in [-0.25, -0.2) is 0 Å². The molecule has 0 bridgehead atoms. The van der Waals surface area contributed by atoms with E-state index in [1.54, 1.807) is 6.92 Å². The highest BCUT2D eigenvalue weighted by Crippen LogP contribution is 2.51. The van der Waals surface area contributed by atoms with Crippen molar-refractivity contribution in [2.75, 3.05) is 11.9 Å². The van der Waals surface area contributed by atoms with E-state index in [0.717, 1.165) is 28.7 Å². The summed E-state index contributed by atoms with van der Waals surface area (Å²) in [4.78, 5) is 11.5. The molecule has 0 aromatic carbocycles. The highest BCUT2D eigenvalue weighted by molar-refractivity contribution is 7.10. The third kappa shape index (κ3) is 2.12. The van der Waals surface area contributed by atoms with Gasteiger partial charge in [0.25, 0.3) is 0 Å². The summed E-state index contributed by atoms with van der Waals surface area (Å²) in [5.74, 6) is 0.832. The van der Waals surface area contributed by atoms with Gasteiger partial charge in [-0.05, 0) is 43.1 Å². The predicted molar refractivity (Wildman–Crippen MR) is 67.2 cm³/mol. The van der Waals surface area contributed by atoms with E-state index in [4.69, 9.17) is 0 Å². The Morgan fingerprint density at radius 3 is 2.75 bits per heavy atom. The number of nitrogens with one attached hydrogen (secondary N) is 1. The third-order valence-electron chi connectivity index (χ3n) is 3.44. The van der Waals surface area contributed by atoms with E-state index >= 15 is 0 Å². The topological polar surface area (TPSA) is 42.0 Å². The molecule has 2 rings (SSSR count). The molecule has 88 valence electrons. The van der Waals surface area contributed by atoms with Gasteiger partial charge in [-0.1, -0.05) is 13.8 Å². The number of aromatic nitrogens is 1. The zero-order valence-electron chi connectivity index (χ0n) is 10.3. The molecule has 3 nitrogen and oxygen atoms in total. The number of anilines is 1. The number of rotatable bonds is 4. The van der Waals surface area contributed by atoms with E-state index in [-0.39, 0.29) is 5.78 Å². The van der Waals surface area contributed by atoms with Crippen LogP contribution >= 0.6 is 11.5 Å². The third-order valence-corrected chi connectivity index (χ3v) is 4.34. The Labute approximate surface area is 100 Å². The molecule has 4 heteroatoms. The number of carbonyl (C=O) groups is 1. The molecule has 1 atom stereocenters. The second kappa shape index (κ2) is 3.84. The molecule has 0 aliphatic heterocycles. The van der Waals surface area contributed by atoms with Gasteiger partial charge in [-0.3, -0.25) is 4.79 Å². The van der Waals surface area contributed by atoms with Gasteiger partial charge in [0, 0.05) is 6.54 Å². The number of nitrogens with zero attached hydrogens (tertiary/aromatic N) is 1. The average molecular weight is 238 g/mol. The van der Waals surface area contributed by atoms with Crippen LogP contribution in [0.2, 0.25) is 0 Å². The van der Waals surface area contributed by atoms with Crippen LogP contribution in [0.5, 0.6) is 0 Å². The number of aryl methyl sites for hydroxylation is 1. The van der Waals surface area contributed by atoms with E-state index < -0.39 is 0 Å². The van der Waals surface area contributed by atoms with Crippen LogP contribution in [-0.2, 0) is 0 Å². The summed E-state index contributed by atoms with van der Waals surface area (Å²) in [7, 11) is 0. The number of Topliss-reactive ketones (excluding diaryl/α,β-unsaturated/α-hetero) is 1. The summed E-state index contributed by atoms with van der Waals surface area (Å²) in [5.41, 5.74) is 2.09. The van der Waals surface area contributed by atoms with E-state index in [0.29, 0.717) is 5.41 Å². The first-order valence-corrected chi connectivity index (χ1v) is 6.40. The highest BCUT2D eigenvalue weighted by Gasteiger charge is 2.45. The molecule has 1 fully saturated rings. The lowest BCUT2D eigenvalue weighted by atomic mass is 10.1. The fourth-order valence-corrected chi connectivity index (χ4v) is 2.90. The first kappa shape index (κ1) is 11.6. The van der Waals surface area contributed by atoms with Gasteiger partial charge < -0.3 is 5.32 Å². The maximum Gasteiger partial charge on any atom is 0.164 e. The zero-order valence-corrected chi connectivity index (χ0v) is 11.1. The van der Waals surface area contributed by atoms with Crippen molar-refractivity contribution in [2.45, 2.75) is 34.1 Å². The zero-order chi connectivity index (χ0) is 11.9.